The summed E-state index contributed by atoms with van der Waals surface area (Å²) in [4.78, 5) is 17.2. The van der Waals surface area contributed by atoms with Gasteiger partial charge in [-0.2, -0.15) is 8.78 Å². The number of carbonyl (C=O) groups excluding carboxylic acids is 1. The number of sulfonamides is 1. The number of aliphatic hydroxyl groups is 1. The summed E-state index contributed by atoms with van der Waals surface area (Å²) >= 11 is 0. The van der Waals surface area contributed by atoms with Crippen LogP contribution in [0.4, 0.5) is 40.3 Å². The second kappa shape index (κ2) is 12.1. The van der Waals surface area contributed by atoms with E-state index in [-0.39, 0.29) is 68.7 Å². The van der Waals surface area contributed by atoms with Crippen LogP contribution in [0.1, 0.15) is 55.5 Å². The molecule has 2 aromatic rings. The van der Waals surface area contributed by atoms with Crippen LogP contribution in [0, 0.1) is 6.92 Å². The fraction of sp³-hybridized carbons (Fsp3) is 0.483. The quantitative estimate of drug-likeness (QED) is 0.329. The normalized spacial score (nSPS) is 17.7. The predicted octanol–water partition coefficient (Wildman–Crippen LogP) is 5.75. The summed E-state index contributed by atoms with van der Waals surface area (Å²) in [5.74, 6) is -3.20. The van der Waals surface area contributed by atoms with Gasteiger partial charge in [0, 0.05) is 50.4 Å². The zero-order valence-electron chi connectivity index (χ0n) is 23.8. The lowest BCUT2D eigenvalue weighted by Crippen LogP contribution is -2.40. The van der Waals surface area contributed by atoms with Gasteiger partial charge in [0.25, 0.3) is 17.9 Å². The molecule has 0 atom stereocenters. The molecule has 2 aromatic carbocycles. The van der Waals surface area contributed by atoms with Gasteiger partial charge in [-0.3, -0.25) is 9.52 Å². The minimum Gasteiger partial charge on any atom is -0.395 e. The Morgan fingerprint density at radius 2 is 1.62 bits per heavy atom. The number of amides is 1. The van der Waals surface area contributed by atoms with Crippen LogP contribution < -0.4 is 19.8 Å². The lowest BCUT2D eigenvalue weighted by molar-refractivity contribution is -0.0220. The Morgan fingerprint density at radius 3 is 2.21 bits per heavy atom. The van der Waals surface area contributed by atoms with Crippen molar-refractivity contribution in [2.75, 3.05) is 52.6 Å². The number of aliphatic hydroxyl groups excluding tert-OH is 1. The van der Waals surface area contributed by atoms with E-state index < -0.39 is 39.3 Å². The van der Waals surface area contributed by atoms with Crippen molar-refractivity contribution in [3.8, 4) is 0 Å². The summed E-state index contributed by atoms with van der Waals surface area (Å²) in [5.41, 5.74) is 2.74. The first kappa shape index (κ1) is 31.6. The fourth-order valence-electron chi connectivity index (χ4n) is 4.94. The Kier molecular flexibility index (Phi) is 9.12. The van der Waals surface area contributed by atoms with E-state index in [1.165, 1.54) is 32.0 Å². The zero-order valence-corrected chi connectivity index (χ0v) is 24.6. The molecule has 42 heavy (non-hydrogen) atoms. The molecular weight excluding hydrogens is 576 g/mol. The van der Waals surface area contributed by atoms with Crippen LogP contribution in [0.5, 0.6) is 0 Å². The molecule has 0 aromatic heterocycles. The maximum atomic E-state index is 13.7. The topological polar surface area (TPSA) is 102 Å². The summed E-state index contributed by atoms with van der Waals surface area (Å²) in [6, 6.07) is 9.70. The highest BCUT2D eigenvalue weighted by atomic mass is 32.2. The van der Waals surface area contributed by atoms with Crippen molar-refractivity contribution in [1.29, 1.82) is 0 Å². The molecule has 2 aliphatic rings. The number of hydrogen-bond acceptors (Lipinski definition) is 6. The van der Waals surface area contributed by atoms with Crippen LogP contribution >= 0.6 is 0 Å². The van der Waals surface area contributed by atoms with Crippen molar-refractivity contribution in [3.05, 3.63) is 59.2 Å². The number of aryl methyl sites for hydroxylation is 1. The van der Waals surface area contributed by atoms with Crippen LogP contribution in [0.15, 0.2) is 48.1 Å². The number of benzene rings is 2. The third kappa shape index (κ3) is 7.17. The van der Waals surface area contributed by atoms with E-state index in [1.807, 2.05) is 17.9 Å². The Bertz CT molecular complexity index is 1460. The van der Waals surface area contributed by atoms with Crippen LogP contribution in [-0.4, -0.2) is 62.9 Å². The lowest BCUT2D eigenvalue weighted by Gasteiger charge is -2.34. The third-order valence-electron chi connectivity index (χ3n) is 7.76. The second-order valence-electron chi connectivity index (χ2n) is 11.5. The predicted molar refractivity (Wildman–Crippen MR) is 156 cm³/mol. The number of halogens is 4. The monoisotopic (exact) mass is 612 g/mol. The van der Waals surface area contributed by atoms with Crippen molar-refractivity contribution in [2.45, 2.75) is 57.1 Å². The number of carbonyl (C=O) groups is 1. The Hall–Kier alpha value is -3.32. The molecule has 4 rings (SSSR count). The molecule has 1 amide bonds. The number of alkyl halides is 2. The molecule has 8 nitrogen and oxygen atoms in total. The van der Waals surface area contributed by atoms with E-state index in [0.29, 0.717) is 17.1 Å². The first-order valence-electron chi connectivity index (χ1n) is 13.7. The molecule has 2 heterocycles. The molecule has 2 saturated heterocycles. The number of nitrogens with zero attached hydrogens (tertiary/aromatic N) is 2. The molecule has 2 aliphatic heterocycles. The maximum Gasteiger partial charge on any atom is 0.269 e. The van der Waals surface area contributed by atoms with Gasteiger partial charge in [0.1, 0.15) is 4.75 Å². The van der Waals surface area contributed by atoms with Gasteiger partial charge in [-0.05, 0) is 81.1 Å². The van der Waals surface area contributed by atoms with E-state index in [0.717, 1.165) is 5.56 Å². The third-order valence-corrected chi connectivity index (χ3v) is 9.85. The molecule has 0 spiro atoms. The number of piperidine rings is 2. The SMILES string of the molecule is Cc1cc(NC(=O)c2ccc(NS(=O)(=O)C(C)(C)CO)cc2N2CCC(=C(F)F)CC2)cc(N2CCC(F)(F)CC2)c1. The molecule has 0 radical (unpaired) electrons. The Morgan fingerprint density at radius 1 is 0.976 bits per heavy atom. The first-order chi connectivity index (χ1) is 19.6. The van der Waals surface area contributed by atoms with E-state index in [1.54, 1.807) is 17.0 Å². The van der Waals surface area contributed by atoms with Crippen LogP contribution in [-0.2, 0) is 10.0 Å². The van der Waals surface area contributed by atoms with Crippen LogP contribution in [0.2, 0.25) is 0 Å². The van der Waals surface area contributed by atoms with Gasteiger partial charge in [-0.15, -0.1) is 0 Å². The molecule has 230 valence electrons. The lowest BCUT2D eigenvalue weighted by atomic mass is 10.0. The van der Waals surface area contributed by atoms with Crippen molar-refractivity contribution >= 4 is 38.7 Å². The van der Waals surface area contributed by atoms with Gasteiger partial charge < -0.3 is 20.2 Å². The Labute approximate surface area is 243 Å². The summed E-state index contributed by atoms with van der Waals surface area (Å²) < 4.78 is 80.4. The van der Waals surface area contributed by atoms with Gasteiger partial charge >= 0.3 is 0 Å². The van der Waals surface area contributed by atoms with Crippen LogP contribution in [0.3, 0.4) is 0 Å². The highest BCUT2D eigenvalue weighted by Gasteiger charge is 2.35. The largest absolute Gasteiger partial charge is 0.395 e. The van der Waals surface area contributed by atoms with E-state index in [2.05, 4.69) is 10.0 Å². The molecule has 13 heteroatoms. The molecule has 0 bridgehead atoms. The number of anilines is 4. The van der Waals surface area contributed by atoms with Gasteiger partial charge in [-0.1, -0.05) is 0 Å². The van der Waals surface area contributed by atoms with Gasteiger partial charge in [-0.25, -0.2) is 17.2 Å². The average Bonchev–Trinajstić information content (AvgIpc) is 2.92. The standard InChI is InChI=1S/C29H36F4N4O4S/c1-19-14-22(16-23(15-19)36-12-8-29(32,33)9-13-36)34-27(39)24-5-4-21(35-42(40,41)28(2,3)18-38)17-25(24)37-10-6-20(7-11-37)26(30)31/h4-5,14-17,35,38H,6-13,18H2,1-3H3,(H,34,39). The summed E-state index contributed by atoms with van der Waals surface area (Å²) in [6.07, 6.45) is -2.04. The van der Waals surface area contributed by atoms with Gasteiger partial charge in [0.2, 0.25) is 10.0 Å². The molecule has 2 fully saturated rings. The highest BCUT2D eigenvalue weighted by Crippen LogP contribution is 2.34. The molecule has 0 aliphatic carbocycles. The molecule has 0 saturated carbocycles. The van der Waals surface area contributed by atoms with Crippen molar-refractivity contribution in [2.24, 2.45) is 0 Å². The van der Waals surface area contributed by atoms with Crippen molar-refractivity contribution in [1.82, 2.24) is 0 Å². The first-order valence-corrected chi connectivity index (χ1v) is 15.2. The van der Waals surface area contributed by atoms with E-state index in [9.17, 15) is 35.9 Å². The highest BCUT2D eigenvalue weighted by molar-refractivity contribution is 7.94. The molecule has 3 N–H and O–H groups in total. The minimum absolute atomic E-state index is 0.0431. The van der Waals surface area contributed by atoms with Crippen LogP contribution in [0.25, 0.3) is 0 Å². The summed E-state index contributed by atoms with van der Waals surface area (Å²) in [5, 5.41) is 12.4. The molecular formula is C29H36F4N4O4S. The number of hydrogen-bond donors (Lipinski definition) is 3. The fourth-order valence-corrected chi connectivity index (χ4v) is 5.83. The van der Waals surface area contributed by atoms with Crippen molar-refractivity contribution < 1.29 is 35.9 Å². The zero-order chi connectivity index (χ0) is 30.9. The number of rotatable bonds is 8. The number of nitrogens with one attached hydrogen (secondary N) is 2. The van der Waals surface area contributed by atoms with Gasteiger partial charge in [0.15, 0.2) is 0 Å². The van der Waals surface area contributed by atoms with E-state index in [4.69, 9.17) is 0 Å². The summed E-state index contributed by atoms with van der Waals surface area (Å²) in [6.45, 7) is 4.71. The summed E-state index contributed by atoms with van der Waals surface area (Å²) in [7, 11) is -4.02. The van der Waals surface area contributed by atoms with Crippen molar-refractivity contribution in [3.63, 3.8) is 0 Å². The maximum absolute atomic E-state index is 13.7. The average molecular weight is 613 g/mol. The Balaban J connectivity index is 1.63. The van der Waals surface area contributed by atoms with Gasteiger partial charge in [0.05, 0.1) is 23.5 Å². The minimum atomic E-state index is -4.02. The molecule has 0 unspecified atom stereocenters. The van der Waals surface area contributed by atoms with E-state index >= 15 is 0 Å². The smallest absolute Gasteiger partial charge is 0.269 e. The second-order valence-corrected chi connectivity index (χ2v) is 13.8.